The Morgan fingerprint density at radius 2 is 1.59 bits per heavy atom. The molecule has 0 radical (unpaired) electrons. The molecule has 4 rings (SSSR count). The van der Waals surface area contributed by atoms with Crippen molar-refractivity contribution in [1.29, 1.82) is 0 Å². The van der Waals surface area contributed by atoms with Crippen molar-refractivity contribution in [3.63, 3.8) is 0 Å². The van der Waals surface area contributed by atoms with E-state index >= 15 is 0 Å². The maximum Gasteiger partial charge on any atom is 0.126 e. The SMILES string of the molecule is CC[NH+](CC)C[C@@H](O)COCCC12CC3CC(CC(C3)C1)C2. The summed E-state index contributed by atoms with van der Waals surface area (Å²) in [6.45, 7) is 8.73. The zero-order valence-corrected chi connectivity index (χ0v) is 14.7. The standard InChI is InChI=1S/C19H35NO2/c1-3-20(4-2)13-18(21)14-22-6-5-19-10-15-7-16(11-19)9-17(8-15)12-19/h15-18,21H,3-14H2,1-2H3/p+1/t15?,16?,17?,18-,19?/m1/s1. The van der Waals surface area contributed by atoms with E-state index in [-0.39, 0.29) is 6.10 Å². The highest BCUT2D eigenvalue weighted by atomic mass is 16.5. The summed E-state index contributed by atoms with van der Waals surface area (Å²) in [5.74, 6) is 3.09. The van der Waals surface area contributed by atoms with Crippen LogP contribution in [0.3, 0.4) is 0 Å². The summed E-state index contributed by atoms with van der Waals surface area (Å²) in [4.78, 5) is 1.46. The number of aliphatic hydroxyl groups is 1. The van der Waals surface area contributed by atoms with Gasteiger partial charge >= 0.3 is 0 Å². The van der Waals surface area contributed by atoms with E-state index in [0.29, 0.717) is 12.0 Å². The van der Waals surface area contributed by atoms with E-state index < -0.39 is 0 Å². The predicted octanol–water partition coefficient (Wildman–Crippen LogP) is 1.90. The highest BCUT2D eigenvalue weighted by Crippen LogP contribution is 2.61. The topological polar surface area (TPSA) is 33.9 Å². The third-order valence-electron chi connectivity index (χ3n) is 6.78. The first-order valence-corrected chi connectivity index (χ1v) is 9.72. The van der Waals surface area contributed by atoms with E-state index in [1.54, 1.807) is 0 Å². The minimum Gasteiger partial charge on any atom is -0.385 e. The van der Waals surface area contributed by atoms with Gasteiger partial charge in [-0.3, -0.25) is 0 Å². The number of hydrogen-bond acceptors (Lipinski definition) is 2. The number of aliphatic hydroxyl groups excluding tert-OH is 1. The van der Waals surface area contributed by atoms with E-state index in [4.69, 9.17) is 4.74 Å². The van der Waals surface area contributed by atoms with Crippen LogP contribution in [0.5, 0.6) is 0 Å². The molecule has 0 aromatic carbocycles. The van der Waals surface area contributed by atoms with E-state index in [2.05, 4.69) is 13.8 Å². The average Bonchev–Trinajstić information content (AvgIpc) is 2.48. The van der Waals surface area contributed by atoms with Gasteiger partial charge in [-0.1, -0.05) is 0 Å². The summed E-state index contributed by atoms with van der Waals surface area (Å²) in [5, 5.41) is 10.1. The van der Waals surface area contributed by atoms with Gasteiger partial charge in [0.15, 0.2) is 0 Å². The molecule has 0 aliphatic heterocycles. The van der Waals surface area contributed by atoms with Gasteiger partial charge in [0.05, 0.1) is 19.7 Å². The Hall–Kier alpha value is -0.120. The maximum absolute atomic E-state index is 10.1. The first-order chi connectivity index (χ1) is 10.6. The second-order valence-electron chi connectivity index (χ2n) is 8.56. The van der Waals surface area contributed by atoms with Crippen molar-refractivity contribution in [3.05, 3.63) is 0 Å². The van der Waals surface area contributed by atoms with E-state index in [1.165, 1.54) is 49.8 Å². The number of quaternary nitrogens is 1. The molecule has 22 heavy (non-hydrogen) atoms. The molecule has 3 nitrogen and oxygen atoms in total. The molecule has 4 aliphatic carbocycles. The zero-order valence-electron chi connectivity index (χ0n) is 14.7. The molecule has 0 aromatic rings. The number of likely N-dealkylation sites (N-methyl/N-ethyl adjacent to an activating group) is 1. The highest BCUT2D eigenvalue weighted by molar-refractivity contribution is 5.01. The number of nitrogens with one attached hydrogen (secondary N) is 1. The molecule has 2 N–H and O–H groups in total. The highest BCUT2D eigenvalue weighted by Gasteiger charge is 2.50. The molecular weight excluding hydrogens is 274 g/mol. The minimum atomic E-state index is -0.300. The third-order valence-corrected chi connectivity index (χ3v) is 6.78. The monoisotopic (exact) mass is 310 g/mol. The van der Waals surface area contributed by atoms with Crippen LogP contribution in [0.15, 0.2) is 0 Å². The summed E-state index contributed by atoms with van der Waals surface area (Å²) >= 11 is 0. The normalized spacial score (nSPS) is 37.9. The van der Waals surface area contributed by atoms with Crippen molar-refractivity contribution in [3.8, 4) is 0 Å². The molecule has 1 atom stereocenters. The van der Waals surface area contributed by atoms with Gasteiger partial charge in [-0.25, -0.2) is 0 Å². The van der Waals surface area contributed by atoms with Gasteiger partial charge in [-0.2, -0.15) is 0 Å². The summed E-state index contributed by atoms with van der Waals surface area (Å²) < 4.78 is 5.86. The third kappa shape index (κ3) is 3.85. The quantitative estimate of drug-likeness (QED) is 0.638. The minimum absolute atomic E-state index is 0.300. The molecule has 128 valence electrons. The first-order valence-electron chi connectivity index (χ1n) is 9.72. The molecule has 0 unspecified atom stereocenters. The van der Waals surface area contributed by atoms with E-state index in [1.807, 2.05) is 0 Å². The zero-order chi connectivity index (χ0) is 15.6. The van der Waals surface area contributed by atoms with Gasteiger partial charge in [0.2, 0.25) is 0 Å². The Morgan fingerprint density at radius 1 is 1.05 bits per heavy atom. The van der Waals surface area contributed by atoms with Gasteiger partial charge in [0, 0.05) is 6.61 Å². The van der Waals surface area contributed by atoms with Gasteiger partial charge in [-0.15, -0.1) is 0 Å². The van der Waals surface area contributed by atoms with Gasteiger partial charge in [-0.05, 0) is 82.0 Å². The Bertz CT molecular complexity index is 318. The fourth-order valence-corrected chi connectivity index (χ4v) is 6.04. The number of ether oxygens (including phenoxy) is 1. The lowest BCUT2D eigenvalue weighted by molar-refractivity contribution is -0.899. The molecule has 0 saturated heterocycles. The summed E-state index contributed by atoms with van der Waals surface area (Å²) in [6, 6.07) is 0. The molecule has 4 saturated carbocycles. The molecule has 4 bridgehead atoms. The van der Waals surface area contributed by atoms with Crippen LogP contribution in [0, 0.1) is 23.2 Å². The van der Waals surface area contributed by atoms with Gasteiger partial charge < -0.3 is 14.7 Å². The van der Waals surface area contributed by atoms with Crippen molar-refractivity contribution >= 4 is 0 Å². The van der Waals surface area contributed by atoms with E-state index in [0.717, 1.165) is 44.0 Å². The lowest BCUT2D eigenvalue weighted by Gasteiger charge is -2.57. The fourth-order valence-electron chi connectivity index (χ4n) is 6.04. The van der Waals surface area contributed by atoms with Crippen LogP contribution in [0.25, 0.3) is 0 Å². The molecule has 4 aliphatic rings. The molecule has 0 spiro atoms. The van der Waals surface area contributed by atoms with Gasteiger partial charge in [0.25, 0.3) is 0 Å². The Kier molecular flexibility index (Phi) is 5.47. The van der Waals surface area contributed by atoms with Crippen molar-refractivity contribution in [1.82, 2.24) is 0 Å². The molecular formula is C19H36NO2+. The van der Waals surface area contributed by atoms with Crippen LogP contribution >= 0.6 is 0 Å². The lowest BCUT2D eigenvalue weighted by atomic mass is 9.49. The number of hydrogen-bond donors (Lipinski definition) is 2. The van der Waals surface area contributed by atoms with Gasteiger partial charge in [0.1, 0.15) is 12.6 Å². The van der Waals surface area contributed by atoms with Crippen molar-refractivity contribution in [2.75, 3.05) is 32.8 Å². The van der Waals surface area contributed by atoms with Crippen LogP contribution < -0.4 is 4.90 Å². The second kappa shape index (κ2) is 7.19. The predicted molar refractivity (Wildman–Crippen MR) is 89.0 cm³/mol. The lowest BCUT2D eigenvalue weighted by Crippen LogP contribution is -3.12. The first kappa shape index (κ1) is 16.7. The van der Waals surface area contributed by atoms with Crippen LogP contribution in [0.2, 0.25) is 0 Å². The number of rotatable bonds is 9. The van der Waals surface area contributed by atoms with Crippen LogP contribution in [-0.4, -0.2) is 44.1 Å². The van der Waals surface area contributed by atoms with E-state index in [9.17, 15) is 5.11 Å². The Labute approximate surface area is 136 Å². The van der Waals surface area contributed by atoms with Crippen LogP contribution in [0.1, 0.15) is 58.8 Å². The largest absolute Gasteiger partial charge is 0.385 e. The Morgan fingerprint density at radius 3 is 2.09 bits per heavy atom. The van der Waals surface area contributed by atoms with Crippen LogP contribution in [0.4, 0.5) is 0 Å². The Balaban J connectivity index is 1.37. The average molecular weight is 311 g/mol. The fraction of sp³-hybridized carbons (Fsp3) is 1.00. The molecule has 0 aromatic heterocycles. The van der Waals surface area contributed by atoms with Crippen molar-refractivity contribution < 1.29 is 14.7 Å². The van der Waals surface area contributed by atoms with Crippen LogP contribution in [-0.2, 0) is 4.74 Å². The summed E-state index contributed by atoms with van der Waals surface area (Å²) in [7, 11) is 0. The molecule has 0 heterocycles. The maximum atomic E-state index is 10.1. The molecule has 3 heteroatoms. The smallest absolute Gasteiger partial charge is 0.126 e. The molecule has 4 fully saturated rings. The molecule has 0 amide bonds. The van der Waals surface area contributed by atoms with Crippen molar-refractivity contribution in [2.45, 2.75) is 64.9 Å². The summed E-state index contributed by atoms with van der Waals surface area (Å²) in [6.07, 6.45) is 9.90. The second-order valence-corrected chi connectivity index (χ2v) is 8.56. The summed E-state index contributed by atoms with van der Waals surface area (Å²) in [5.41, 5.74) is 0.615. The van der Waals surface area contributed by atoms with Crippen molar-refractivity contribution in [2.24, 2.45) is 23.2 Å².